The predicted octanol–water partition coefficient (Wildman–Crippen LogP) is 2.28. The van der Waals surface area contributed by atoms with Gasteiger partial charge in [0.2, 0.25) is 4.73 Å². The lowest BCUT2D eigenvalue weighted by molar-refractivity contribution is 0.162. The number of pyridine rings is 1. The molecular weight excluding hydrogens is 307 g/mol. The molecule has 7 heteroatoms. The normalized spacial score (nSPS) is 12.6. The van der Waals surface area contributed by atoms with Gasteiger partial charge < -0.3 is 5.11 Å². The van der Waals surface area contributed by atoms with Crippen LogP contribution in [-0.4, -0.2) is 25.3 Å². The molecule has 0 radical (unpaired) electrons. The Labute approximate surface area is 111 Å². The third-order valence-electron chi connectivity index (χ3n) is 2.26. The maximum atomic E-state index is 9.95. The summed E-state index contributed by atoms with van der Waals surface area (Å²) >= 11 is 9.09. The second-order valence-electron chi connectivity index (χ2n) is 3.48. The maximum Gasteiger partial charge on any atom is 0.217 e. The van der Waals surface area contributed by atoms with Crippen LogP contribution in [0.3, 0.4) is 0 Å². The number of halogens is 2. The average Bonchev–Trinajstić information content (AvgIpc) is 2.73. The minimum atomic E-state index is -0.701. The first-order chi connectivity index (χ1) is 8.16. The number of aliphatic hydroxyl groups is 1. The number of aryl methyl sites for hydroxylation is 1. The lowest BCUT2D eigenvalue weighted by Crippen LogP contribution is -2.03. The summed E-state index contributed by atoms with van der Waals surface area (Å²) in [4.78, 5) is 8.14. The highest BCUT2D eigenvalue weighted by molar-refractivity contribution is 9.10. The van der Waals surface area contributed by atoms with Crippen LogP contribution in [0.1, 0.15) is 24.0 Å². The van der Waals surface area contributed by atoms with Crippen molar-refractivity contribution in [2.75, 3.05) is 0 Å². The van der Waals surface area contributed by atoms with E-state index in [1.54, 1.807) is 18.3 Å². The molecule has 0 spiro atoms. The summed E-state index contributed by atoms with van der Waals surface area (Å²) < 4.78 is 0.512. The second kappa shape index (κ2) is 5.57. The standard InChI is InChI=1S/C10H10BrClN4O/c11-10-14-8(15-16-10)4-3-7(17)9-6(12)2-1-5-13-9/h1-2,5,7,17H,3-4H2,(H,14,15,16). The molecule has 2 N–H and O–H groups in total. The Balaban J connectivity index is 1.98. The van der Waals surface area contributed by atoms with Gasteiger partial charge in [0.25, 0.3) is 0 Å². The highest BCUT2D eigenvalue weighted by Gasteiger charge is 2.13. The van der Waals surface area contributed by atoms with Gasteiger partial charge in [-0.15, -0.1) is 5.10 Å². The first-order valence-corrected chi connectivity index (χ1v) is 6.19. The number of H-pyrrole nitrogens is 1. The summed E-state index contributed by atoms with van der Waals surface area (Å²) in [5.41, 5.74) is 0.493. The lowest BCUT2D eigenvalue weighted by atomic mass is 10.1. The lowest BCUT2D eigenvalue weighted by Gasteiger charge is -2.09. The third-order valence-corrected chi connectivity index (χ3v) is 2.94. The number of aliphatic hydroxyl groups excluding tert-OH is 1. The minimum absolute atomic E-state index is 0.471. The molecule has 1 unspecified atom stereocenters. The van der Waals surface area contributed by atoms with Gasteiger partial charge >= 0.3 is 0 Å². The summed E-state index contributed by atoms with van der Waals surface area (Å²) in [6.07, 6.45) is 1.97. The molecule has 0 aliphatic rings. The molecule has 2 heterocycles. The molecule has 17 heavy (non-hydrogen) atoms. The van der Waals surface area contributed by atoms with Crippen LogP contribution in [0.15, 0.2) is 23.1 Å². The van der Waals surface area contributed by atoms with Crippen LogP contribution < -0.4 is 0 Å². The van der Waals surface area contributed by atoms with Gasteiger partial charge in [-0.05, 0) is 34.5 Å². The van der Waals surface area contributed by atoms with E-state index < -0.39 is 6.10 Å². The van der Waals surface area contributed by atoms with E-state index in [-0.39, 0.29) is 0 Å². The fraction of sp³-hybridized carbons (Fsp3) is 0.300. The van der Waals surface area contributed by atoms with E-state index >= 15 is 0 Å². The number of aromatic amines is 1. The van der Waals surface area contributed by atoms with Crippen molar-refractivity contribution in [3.05, 3.63) is 39.6 Å². The zero-order chi connectivity index (χ0) is 12.3. The Morgan fingerprint density at radius 1 is 1.53 bits per heavy atom. The Kier molecular flexibility index (Phi) is 4.09. The van der Waals surface area contributed by atoms with Crippen LogP contribution in [0.2, 0.25) is 5.02 Å². The molecule has 0 saturated carbocycles. The van der Waals surface area contributed by atoms with Gasteiger partial charge in [0, 0.05) is 12.6 Å². The molecule has 0 amide bonds. The van der Waals surface area contributed by atoms with Crippen molar-refractivity contribution in [3.8, 4) is 0 Å². The second-order valence-corrected chi connectivity index (χ2v) is 4.59. The van der Waals surface area contributed by atoms with Gasteiger partial charge in [0.15, 0.2) is 0 Å². The quantitative estimate of drug-likeness (QED) is 0.907. The van der Waals surface area contributed by atoms with E-state index in [1.165, 1.54) is 0 Å². The Bertz CT molecular complexity index is 505. The summed E-state index contributed by atoms with van der Waals surface area (Å²) in [6.45, 7) is 0. The molecule has 90 valence electrons. The average molecular weight is 318 g/mol. The molecule has 0 aliphatic heterocycles. The zero-order valence-electron chi connectivity index (χ0n) is 8.77. The highest BCUT2D eigenvalue weighted by atomic mass is 79.9. The summed E-state index contributed by atoms with van der Waals surface area (Å²) in [5.74, 6) is 0.711. The molecule has 0 fully saturated rings. The number of hydrogen-bond acceptors (Lipinski definition) is 4. The number of rotatable bonds is 4. The van der Waals surface area contributed by atoms with E-state index in [0.29, 0.717) is 34.1 Å². The van der Waals surface area contributed by atoms with E-state index in [0.717, 1.165) is 0 Å². The molecule has 2 aromatic heterocycles. The molecule has 2 rings (SSSR count). The fourth-order valence-corrected chi connectivity index (χ4v) is 1.99. The van der Waals surface area contributed by atoms with Gasteiger partial charge in [0.1, 0.15) is 5.82 Å². The predicted molar refractivity (Wildman–Crippen MR) is 66.6 cm³/mol. The van der Waals surface area contributed by atoms with Crippen LogP contribution in [-0.2, 0) is 6.42 Å². The molecule has 2 aromatic rings. The van der Waals surface area contributed by atoms with Crippen molar-refractivity contribution < 1.29 is 5.11 Å². The number of hydrogen-bond donors (Lipinski definition) is 2. The molecule has 0 bridgehead atoms. The van der Waals surface area contributed by atoms with Crippen molar-refractivity contribution in [2.45, 2.75) is 18.9 Å². The summed E-state index contributed by atoms with van der Waals surface area (Å²) in [6, 6.07) is 3.43. The topological polar surface area (TPSA) is 74.7 Å². The van der Waals surface area contributed by atoms with E-state index in [4.69, 9.17) is 11.6 Å². The third kappa shape index (κ3) is 3.24. The van der Waals surface area contributed by atoms with Crippen LogP contribution >= 0.6 is 27.5 Å². The molecular formula is C10H10BrClN4O. The highest BCUT2D eigenvalue weighted by Crippen LogP contribution is 2.23. The number of aromatic nitrogens is 4. The summed E-state index contributed by atoms with van der Waals surface area (Å²) in [7, 11) is 0. The Morgan fingerprint density at radius 2 is 2.35 bits per heavy atom. The van der Waals surface area contributed by atoms with Gasteiger partial charge in [-0.2, -0.15) is 0 Å². The SMILES string of the molecule is OC(CCc1nc(Br)n[nH]1)c1ncccc1Cl. The van der Waals surface area contributed by atoms with E-state index in [1.807, 2.05) is 0 Å². The Morgan fingerprint density at radius 3 is 3.00 bits per heavy atom. The minimum Gasteiger partial charge on any atom is -0.387 e. The molecule has 0 saturated heterocycles. The van der Waals surface area contributed by atoms with E-state index in [2.05, 4.69) is 36.1 Å². The van der Waals surface area contributed by atoms with Crippen molar-refractivity contribution in [2.24, 2.45) is 0 Å². The van der Waals surface area contributed by atoms with E-state index in [9.17, 15) is 5.11 Å². The first kappa shape index (κ1) is 12.5. The van der Waals surface area contributed by atoms with Gasteiger partial charge in [-0.1, -0.05) is 11.6 Å². The van der Waals surface area contributed by atoms with Crippen LogP contribution in [0, 0.1) is 0 Å². The van der Waals surface area contributed by atoms with Crippen LogP contribution in [0.25, 0.3) is 0 Å². The maximum absolute atomic E-state index is 9.95. The molecule has 0 aliphatic carbocycles. The van der Waals surface area contributed by atoms with Gasteiger partial charge in [-0.3, -0.25) is 10.1 Å². The largest absolute Gasteiger partial charge is 0.387 e. The fourth-order valence-electron chi connectivity index (χ4n) is 1.44. The Hall–Kier alpha value is -0.980. The number of nitrogens with zero attached hydrogens (tertiary/aromatic N) is 3. The zero-order valence-corrected chi connectivity index (χ0v) is 11.1. The smallest absolute Gasteiger partial charge is 0.217 e. The van der Waals surface area contributed by atoms with Crippen LogP contribution in [0.4, 0.5) is 0 Å². The van der Waals surface area contributed by atoms with Crippen LogP contribution in [0.5, 0.6) is 0 Å². The van der Waals surface area contributed by atoms with Crippen molar-refractivity contribution in [1.82, 2.24) is 20.2 Å². The number of nitrogens with one attached hydrogen (secondary N) is 1. The molecule has 5 nitrogen and oxygen atoms in total. The molecule has 1 atom stereocenters. The van der Waals surface area contributed by atoms with Gasteiger partial charge in [-0.25, -0.2) is 4.98 Å². The summed E-state index contributed by atoms with van der Waals surface area (Å²) in [5, 5.41) is 17.0. The monoisotopic (exact) mass is 316 g/mol. The van der Waals surface area contributed by atoms with Crippen molar-refractivity contribution in [3.63, 3.8) is 0 Å². The molecule has 0 aromatic carbocycles. The first-order valence-electron chi connectivity index (χ1n) is 5.02. The van der Waals surface area contributed by atoms with Gasteiger partial charge in [0.05, 0.1) is 16.8 Å². The van der Waals surface area contributed by atoms with Crippen molar-refractivity contribution >= 4 is 27.5 Å². The van der Waals surface area contributed by atoms with Crippen molar-refractivity contribution in [1.29, 1.82) is 0 Å².